The smallest absolute Gasteiger partial charge is 0.284 e. The van der Waals surface area contributed by atoms with Crippen LogP contribution in [-0.4, -0.2) is 48.5 Å². The predicted octanol–water partition coefficient (Wildman–Crippen LogP) is 1.17. The fourth-order valence-corrected chi connectivity index (χ4v) is 3.68. The molecule has 0 unspecified atom stereocenters. The number of sulfonamides is 1. The molecule has 1 saturated heterocycles. The molecule has 0 bridgehead atoms. The van der Waals surface area contributed by atoms with E-state index in [0.29, 0.717) is 0 Å². The average Bonchev–Trinajstić information content (AvgIpc) is 2.72. The van der Waals surface area contributed by atoms with Gasteiger partial charge < -0.3 is 5.32 Å². The van der Waals surface area contributed by atoms with Gasteiger partial charge in [-0.05, 0) is 43.9 Å². The summed E-state index contributed by atoms with van der Waals surface area (Å²) < 4.78 is 51.0. The maximum atomic E-state index is 13.2. The van der Waals surface area contributed by atoms with Gasteiger partial charge in [0.2, 0.25) is 5.91 Å². The van der Waals surface area contributed by atoms with Crippen LogP contribution in [0.4, 0.5) is 0 Å². The van der Waals surface area contributed by atoms with Crippen molar-refractivity contribution in [2.45, 2.75) is 44.2 Å². The second kappa shape index (κ2) is 8.53. The minimum atomic E-state index is -4.67. The predicted molar refractivity (Wildman–Crippen MR) is 92.9 cm³/mol. The number of aromatic nitrogens is 1. The van der Waals surface area contributed by atoms with Crippen molar-refractivity contribution < 1.29 is 22.1 Å². The lowest BCUT2D eigenvalue weighted by Crippen LogP contribution is -2.49. The van der Waals surface area contributed by atoms with Gasteiger partial charge >= 0.3 is 0 Å². The maximum Gasteiger partial charge on any atom is 0.284 e. The van der Waals surface area contributed by atoms with Crippen LogP contribution in [0.1, 0.15) is 37.2 Å². The Bertz CT molecular complexity index is 833. The van der Waals surface area contributed by atoms with E-state index in [-0.39, 0.29) is 36.0 Å². The largest absolute Gasteiger partial charge is 0.310 e. The average molecular weight is 369 g/mol. The number of hydrogen-bond donors (Lipinski definition) is 1. The molecule has 1 aliphatic rings. The van der Waals surface area contributed by atoms with Gasteiger partial charge in [0, 0.05) is 6.20 Å². The molecule has 1 aromatic rings. The van der Waals surface area contributed by atoms with Crippen molar-refractivity contribution in [1.29, 1.82) is 0 Å². The van der Waals surface area contributed by atoms with E-state index in [1.165, 1.54) is 18.3 Å². The highest BCUT2D eigenvalue weighted by atomic mass is 32.2. The summed E-state index contributed by atoms with van der Waals surface area (Å²) >= 11 is 0. The van der Waals surface area contributed by atoms with Crippen LogP contribution in [0.25, 0.3) is 0 Å². The Morgan fingerprint density at radius 3 is 2.96 bits per heavy atom. The Morgan fingerprint density at radius 1 is 1.56 bits per heavy atom. The summed E-state index contributed by atoms with van der Waals surface area (Å²) in [4.78, 5) is 29.5. The molecule has 1 amide bonds. The lowest BCUT2D eigenvalue weighted by atomic mass is 10.1. The molecule has 1 atom stereocenters. The van der Waals surface area contributed by atoms with E-state index in [1.54, 1.807) is 0 Å². The molecular weight excluding hydrogens is 342 g/mol. The lowest BCUT2D eigenvalue weighted by molar-refractivity contribution is -0.131. The molecule has 8 heteroatoms. The molecule has 7 nitrogen and oxygen atoms in total. The minimum Gasteiger partial charge on any atom is -0.310 e. The minimum absolute atomic E-state index is 0.0444. The zero-order chi connectivity index (χ0) is 21.2. The van der Waals surface area contributed by atoms with Crippen molar-refractivity contribution in [3.8, 4) is 0 Å². The molecule has 0 saturated carbocycles. The van der Waals surface area contributed by atoms with Crippen molar-refractivity contribution in [2.24, 2.45) is 5.92 Å². The monoisotopic (exact) mass is 369 g/mol. The second-order valence-corrected chi connectivity index (χ2v) is 7.77. The van der Waals surface area contributed by atoms with Gasteiger partial charge in [-0.1, -0.05) is 19.9 Å². The number of nitrogens with one attached hydrogen (secondary N) is 1. The first-order valence-electron chi connectivity index (χ1n) is 9.56. The third-order valence-corrected chi connectivity index (χ3v) is 5.18. The van der Waals surface area contributed by atoms with E-state index in [4.69, 9.17) is 4.11 Å². The number of amides is 1. The fourth-order valence-electron chi connectivity index (χ4n) is 2.28. The Balaban J connectivity index is 2.60. The van der Waals surface area contributed by atoms with Crippen LogP contribution < -0.4 is 5.32 Å². The Morgan fingerprint density at radius 2 is 2.32 bits per heavy atom. The van der Waals surface area contributed by atoms with Gasteiger partial charge in [0.25, 0.3) is 10.0 Å². The van der Waals surface area contributed by atoms with Gasteiger partial charge in [-0.25, -0.2) is 9.29 Å². The first-order valence-corrected chi connectivity index (χ1v) is 9.50. The molecule has 2 rings (SSSR count). The highest BCUT2D eigenvalue weighted by Crippen LogP contribution is 2.22. The quantitative estimate of drug-likeness (QED) is 0.809. The highest BCUT2D eigenvalue weighted by molar-refractivity contribution is 7.89. The molecule has 137 valence electrons. The van der Waals surface area contributed by atoms with Crippen molar-refractivity contribution in [2.75, 3.05) is 13.0 Å². The molecule has 0 aromatic carbocycles. The van der Waals surface area contributed by atoms with Crippen LogP contribution in [0.15, 0.2) is 29.4 Å². The maximum absolute atomic E-state index is 13.2. The molecule has 1 fully saturated rings. The number of hydrogen-bond acceptors (Lipinski definition) is 6. The van der Waals surface area contributed by atoms with E-state index in [9.17, 15) is 18.0 Å². The zero-order valence-electron chi connectivity index (χ0n) is 17.2. The first-order chi connectivity index (χ1) is 12.9. The topological polar surface area (TPSA) is 96.4 Å². The van der Waals surface area contributed by atoms with Crippen LogP contribution in [0.2, 0.25) is 0 Å². The fraction of sp³-hybridized carbons (Fsp3) is 0.529. The normalized spacial score (nSPS) is 25.6. The molecule has 2 heterocycles. The first kappa shape index (κ1) is 15.5. The SMILES string of the molecule is [2H]C1([2H])NCCC[C@]([2H])(N(C(=O)[CH]CC(C)C)S(=O)(=O)c2ccccn2)C1=O. The van der Waals surface area contributed by atoms with Crippen molar-refractivity contribution in [3.63, 3.8) is 0 Å². The molecule has 1 aromatic heterocycles. The van der Waals surface area contributed by atoms with E-state index in [0.717, 1.165) is 12.5 Å². The van der Waals surface area contributed by atoms with Gasteiger partial charge in [-0.2, -0.15) is 8.42 Å². The Labute approximate surface area is 153 Å². The third-order valence-electron chi connectivity index (χ3n) is 3.53. The van der Waals surface area contributed by atoms with Crippen molar-refractivity contribution >= 4 is 21.7 Å². The summed E-state index contributed by atoms with van der Waals surface area (Å²) in [5, 5.41) is 1.88. The number of carbonyl (C=O) groups is 2. The molecule has 0 aliphatic carbocycles. The summed E-state index contributed by atoms with van der Waals surface area (Å²) in [5.74, 6) is -2.33. The Hall–Kier alpha value is -1.80. The Kier molecular flexibility index (Phi) is 5.27. The van der Waals surface area contributed by atoms with Gasteiger partial charge in [0.05, 0.1) is 17.0 Å². The zero-order valence-corrected chi connectivity index (χ0v) is 15.0. The van der Waals surface area contributed by atoms with Crippen molar-refractivity contribution in [3.05, 3.63) is 30.8 Å². The number of pyridine rings is 1. The van der Waals surface area contributed by atoms with Crippen LogP contribution in [0.3, 0.4) is 0 Å². The van der Waals surface area contributed by atoms with Gasteiger partial charge in [0.1, 0.15) is 6.02 Å². The van der Waals surface area contributed by atoms with Crippen LogP contribution in [0.5, 0.6) is 0 Å². The number of rotatable bonds is 6. The molecule has 25 heavy (non-hydrogen) atoms. The summed E-state index contributed by atoms with van der Waals surface area (Å²) in [6, 6.07) is 1.43. The molecule has 0 spiro atoms. The van der Waals surface area contributed by atoms with Crippen LogP contribution in [-0.2, 0) is 19.6 Å². The number of carbonyl (C=O) groups excluding carboxylic acids is 2. The summed E-state index contributed by atoms with van der Waals surface area (Å²) in [6.07, 6.45) is 2.39. The van der Waals surface area contributed by atoms with Gasteiger partial charge in [-0.3, -0.25) is 9.59 Å². The lowest BCUT2D eigenvalue weighted by Gasteiger charge is -2.29. The van der Waals surface area contributed by atoms with E-state index >= 15 is 0 Å². The van der Waals surface area contributed by atoms with E-state index < -0.39 is 39.3 Å². The van der Waals surface area contributed by atoms with Crippen LogP contribution in [0, 0.1) is 12.3 Å². The number of ketones is 1. The van der Waals surface area contributed by atoms with E-state index in [1.807, 2.05) is 13.8 Å². The molecule has 1 aliphatic heterocycles. The summed E-state index contributed by atoms with van der Waals surface area (Å²) in [7, 11) is -4.67. The van der Waals surface area contributed by atoms with Gasteiger partial charge in [0.15, 0.2) is 10.8 Å². The molecular formula is C17H24N3O4S. The van der Waals surface area contributed by atoms with Gasteiger partial charge in [-0.15, -0.1) is 0 Å². The van der Waals surface area contributed by atoms with E-state index in [2.05, 4.69) is 10.3 Å². The highest BCUT2D eigenvalue weighted by Gasteiger charge is 2.40. The number of Topliss-reactive ketones (excluding diaryl/α,β-unsaturated/α-hetero) is 1. The van der Waals surface area contributed by atoms with Crippen molar-refractivity contribution in [1.82, 2.24) is 14.6 Å². The standard InChI is InChI=1S/C17H24N3O4S/c1-13(2)8-9-17(22)20(14-6-5-10-18-12-15(14)21)25(23,24)16-7-3-4-11-19-16/h3-4,7,9,11,13-14,18H,5-6,8,10,12H2,1-2H3/t14-/m0/s1/i12D2,14D. The molecule has 1 radical (unpaired) electrons. The second-order valence-electron chi connectivity index (χ2n) is 6.04. The summed E-state index contributed by atoms with van der Waals surface area (Å²) in [6.45, 7) is 1.09. The third kappa shape index (κ3) is 4.85. The summed E-state index contributed by atoms with van der Waals surface area (Å²) in [5.41, 5.74) is 0. The molecule has 1 N–H and O–H groups in total. The van der Waals surface area contributed by atoms with Crippen LogP contribution >= 0.6 is 0 Å². The number of nitrogens with zero attached hydrogens (tertiary/aromatic N) is 2.